The average Bonchev–Trinajstić information content (AvgIpc) is 3.35. The van der Waals surface area contributed by atoms with Gasteiger partial charge in [-0.2, -0.15) is 0 Å². The van der Waals surface area contributed by atoms with E-state index in [0.717, 1.165) is 5.56 Å². The number of aliphatic hydroxyl groups is 2. The molecule has 3 aromatic rings. The summed E-state index contributed by atoms with van der Waals surface area (Å²) in [7, 11) is 5.22. The van der Waals surface area contributed by atoms with Crippen LogP contribution in [0.25, 0.3) is 11.2 Å². The third kappa shape index (κ3) is 4.46. The first-order valence-corrected chi connectivity index (χ1v) is 10.4. The molecule has 1 fully saturated rings. The molecule has 0 radical (unpaired) electrons. The molecule has 0 saturated carbocycles. The van der Waals surface area contributed by atoms with Crippen LogP contribution in [0.15, 0.2) is 36.9 Å². The average molecular weight is 457 g/mol. The molecule has 12 heteroatoms. The van der Waals surface area contributed by atoms with E-state index in [1.807, 2.05) is 26.2 Å². The van der Waals surface area contributed by atoms with Crippen LogP contribution in [-0.4, -0.2) is 81.3 Å². The van der Waals surface area contributed by atoms with E-state index in [1.54, 1.807) is 24.1 Å². The number of ether oxygens (including phenoxy) is 2. The molecule has 0 bridgehead atoms. The molecule has 1 amide bonds. The topological polar surface area (TPSA) is 161 Å². The second-order valence-electron chi connectivity index (χ2n) is 8.02. The number of hydrogen-bond acceptors (Lipinski definition) is 10. The van der Waals surface area contributed by atoms with Gasteiger partial charge >= 0.3 is 0 Å². The monoisotopic (exact) mass is 457 g/mol. The van der Waals surface area contributed by atoms with Crippen LogP contribution in [0.1, 0.15) is 11.8 Å². The lowest BCUT2D eigenvalue weighted by molar-refractivity contribution is -0.133. The molecule has 33 heavy (non-hydrogen) atoms. The summed E-state index contributed by atoms with van der Waals surface area (Å²) in [4.78, 5) is 27.2. The van der Waals surface area contributed by atoms with Crippen molar-refractivity contribution in [2.45, 2.75) is 37.1 Å². The number of nitrogens with one attached hydrogen (secondary N) is 1. The van der Waals surface area contributed by atoms with Crippen molar-refractivity contribution < 1.29 is 24.5 Å². The Labute approximate surface area is 190 Å². The number of benzene rings is 1. The van der Waals surface area contributed by atoms with Gasteiger partial charge < -0.3 is 35.6 Å². The Morgan fingerprint density at radius 2 is 2.00 bits per heavy atom. The van der Waals surface area contributed by atoms with Crippen LogP contribution in [0.4, 0.5) is 5.82 Å². The number of aromatic nitrogens is 4. The van der Waals surface area contributed by atoms with Crippen LogP contribution < -0.4 is 20.7 Å². The normalized spacial score (nSPS) is 23.5. The van der Waals surface area contributed by atoms with Gasteiger partial charge in [-0.05, 0) is 24.1 Å². The quantitative estimate of drug-likeness (QED) is 0.352. The van der Waals surface area contributed by atoms with E-state index in [0.29, 0.717) is 22.7 Å². The van der Waals surface area contributed by atoms with Crippen LogP contribution in [0.2, 0.25) is 0 Å². The lowest BCUT2D eigenvalue weighted by Gasteiger charge is -2.21. The number of fused-ring (bicyclic) bond motifs is 1. The molecule has 1 aromatic carbocycles. The lowest BCUT2D eigenvalue weighted by Crippen LogP contribution is -2.52. The lowest BCUT2D eigenvalue weighted by atomic mass is 10.0. The molecule has 12 nitrogen and oxygen atoms in total. The molecule has 0 aliphatic carbocycles. The maximum atomic E-state index is 12.7. The van der Waals surface area contributed by atoms with Crippen LogP contribution in [0.3, 0.4) is 0 Å². The van der Waals surface area contributed by atoms with Gasteiger partial charge in [-0.3, -0.25) is 9.36 Å². The zero-order chi connectivity index (χ0) is 23.7. The Hall–Kier alpha value is -3.32. The molecular formula is C21H27N7O5. The van der Waals surface area contributed by atoms with E-state index in [9.17, 15) is 15.0 Å². The summed E-state index contributed by atoms with van der Waals surface area (Å²) in [5.41, 5.74) is 7.84. The summed E-state index contributed by atoms with van der Waals surface area (Å²) >= 11 is 0. The number of carbonyl (C=O) groups is 1. The minimum absolute atomic E-state index is 0.273. The Kier molecular flexibility index (Phi) is 6.42. The van der Waals surface area contributed by atoms with Crippen molar-refractivity contribution in [3.63, 3.8) is 0 Å². The number of nitrogens with two attached hydrogens (primary N) is 1. The van der Waals surface area contributed by atoms with Gasteiger partial charge in [0.15, 0.2) is 29.5 Å². The predicted octanol–water partition coefficient (Wildman–Crippen LogP) is -0.836. The first-order valence-electron chi connectivity index (χ1n) is 10.4. The Morgan fingerprint density at radius 3 is 2.67 bits per heavy atom. The highest BCUT2D eigenvalue weighted by atomic mass is 16.6. The fraction of sp³-hybridized carbons (Fsp3) is 0.429. The van der Waals surface area contributed by atoms with Crippen LogP contribution in [0, 0.1) is 0 Å². The summed E-state index contributed by atoms with van der Waals surface area (Å²) < 4.78 is 12.2. The minimum Gasteiger partial charge on any atom is -0.497 e. The number of hydrogen-bond donors (Lipinski definition) is 4. The third-order valence-corrected chi connectivity index (χ3v) is 5.54. The molecule has 1 aliphatic heterocycles. The van der Waals surface area contributed by atoms with Gasteiger partial charge in [0.1, 0.15) is 24.2 Å². The SMILES string of the molecule is COc1ccc(C[C@H](N)C(=O)N[C@H]2[C@@H](O)[C@H](n3cnc4c(N(C)C)ncnc43)O[C@@H]2O)cc1. The fourth-order valence-corrected chi connectivity index (χ4v) is 3.77. The molecule has 5 N–H and O–H groups in total. The molecule has 0 unspecified atom stereocenters. The van der Waals surface area contributed by atoms with Gasteiger partial charge in [-0.1, -0.05) is 12.1 Å². The first kappa shape index (κ1) is 22.9. The van der Waals surface area contributed by atoms with Crippen molar-refractivity contribution in [3.05, 3.63) is 42.5 Å². The zero-order valence-corrected chi connectivity index (χ0v) is 18.5. The Bertz CT molecular complexity index is 1120. The van der Waals surface area contributed by atoms with E-state index in [1.165, 1.54) is 17.2 Å². The fourth-order valence-electron chi connectivity index (χ4n) is 3.77. The standard InChI is InChI=1S/C21H27N7O5/c1-27(2)17-15-18(24-9-23-17)28(10-25-15)20-16(29)14(21(31)33-20)26-19(30)13(22)8-11-4-6-12(32-3)7-5-11/h4-7,9-10,13-14,16,20-21,29,31H,8,22H2,1-3H3,(H,26,30)/t13-,14-,16+,20+,21-/m0/s1. The summed E-state index contributed by atoms with van der Waals surface area (Å²) in [5, 5.41) is 23.8. The largest absolute Gasteiger partial charge is 0.497 e. The highest BCUT2D eigenvalue weighted by Crippen LogP contribution is 2.31. The molecule has 1 aliphatic rings. The summed E-state index contributed by atoms with van der Waals surface area (Å²) in [6.07, 6.45) is -0.632. The Morgan fingerprint density at radius 1 is 1.27 bits per heavy atom. The summed E-state index contributed by atoms with van der Waals surface area (Å²) in [5.74, 6) is 0.777. The minimum atomic E-state index is -1.45. The number of aliphatic hydroxyl groups excluding tert-OH is 2. The van der Waals surface area contributed by atoms with Crippen molar-refractivity contribution in [2.24, 2.45) is 5.73 Å². The number of anilines is 1. The van der Waals surface area contributed by atoms with Gasteiger partial charge in [-0.15, -0.1) is 0 Å². The van der Waals surface area contributed by atoms with E-state index >= 15 is 0 Å². The highest BCUT2D eigenvalue weighted by molar-refractivity contribution is 5.83. The van der Waals surface area contributed by atoms with E-state index in [4.69, 9.17) is 15.2 Å². The Balaban J connectivity index is 1.46. The summed E-state index contributed by atoms with van der Waals surface area (Å²) in [6.45, 7) is 0. The molecule has 1 saturated heterocycles. The van der Waals surface area contributed by atoms with Gasteiger partial charge in [-0.25, -0.2) is 15.0 Å². The van der Waals surface area contributed by atoms with Gasteiger partial charge in [0, 0.05) is 14.1 Å². The molecule has 176 valence electrons. The van der Waals surface area contributed by atoms with Crippen molar-refractivity contribution >= 4 is 22.9 Å². The van der Waals surface area contributed by atoms with Crippen molar-refractivity contribution in [1.29, 1.82) is 0 Å². The number of methoxy groups -OCH3 is 1. The van der Waals surface area contributed by atoms with E-state index in [2.05, 4.69) is 20.3 Å². The van der Waals surface area contributed by atoms with Crippen LogP contribution >= 0.6 is 0 Å². The molecule has 3 heterocycles. The van der Waals surface area contributed by atoms with Gasteiger partial charge in [0.25, 0.3) is 0 Å². The van der Waals surface area contributed by atoms with Crippen molar-refractivity contribution in [1.82, 2.24) is 24.8 Å². The number of nitrogens with zero attached hydrogens (tertiary/aromatic N) is 5. The number of amides is 1. The van der Waals surface area contributed by atoms with Crippen molar-refractivity contribution in [2.75, 3.05) is 26.1 Å². The van der Waals surface area contributed by atoms with Crippen molar-refractivity contribution in [3.8, 4) is 5.75 Å². The van der Waals surface area contributed by atoms with Crippen LogP contribution in [-0.2, 0) is 16.0 Å². The molecule has 2 aromatic heterocycles. The first-order chi connectivity index (χ1) is 15.8. The molecular weight excluding hydrogens is 430 g/mol. The predicted molar refractivity (Wildman–Crippen MR) is 118 cm³/mol. The molecule has 0 spiro atoms. The number of imidazole rings is 1. The van der Waals surface area contributed by atoms with E-state index < -0.39 is 36.6 Å². The summed E-state index contributed by atoms with van der Waals surface area (Å²) in [6, 6.07) is 5.22. The number of carbonyl (C=O) groups excluding carboxylic acids is 1. The second kappa shape index (κ2) is 9.27. The highest BCUT2D eigenvalue weighted by Gasteiger charge is 2.45. The zero-order valence-electron chi connectivity index (χ0n) is 18.5. The number of rotatable bonds is 7. The van der Waals surface area contributed by atoms with Crippen LogP contribution in [0.5, 0.6) is 5.75 Å². The maximum Gasteiger partial charge on any atom is 0.237 e. The third-order valence-electron chi connectivity index (χ3n) is 5.54. The van der Waals surface area contributed by atoms with E-state index in [-0.39, 0.29) is 6.42 Å². The smallest absolute Gasteiger partial charge is 0.237 e. The second-order valence-corrected chi connectivity index (χ2v) is 8.02. The van der Waals surface area contributed by atoms with Gasteiger partial charge in [0.2, 0.25) is 5.91 Å². The maximum absolute atomic E-state index is 12.7. The molecule has 4 rings (SSSR count). The van der Waals surface area contributed by atoms with Gasteiger partial charge in [0.05, 0.1) is 19.5 Å². The molecule has 5 atom stereocenters.